The van der Waals surface area contributed by atoms with Crippen molar-refractivity contribution in [1.82, 2.24) is 0 Å². The third kappa shape index (κ3) is 4.25. The van der Waals surface area contributed by atoms with Crippen molar-refractivity contribution in [2.45, 2.75) is 27.2 Å². The van der Waals surface area contributed by atoms with Crippen molar-refractivity contribution in [3.8, 4) is 11.5 Å². The van der Waals surface area contributed by atoms with Gasteiger partial charge in [0, 0.05) is 11.3 Å². The minimum absolute atomic E-state index is 0.173. The van der Waals surface area contributed by atoms with Crippen LogP contribution in [-0.4, -0.2) is 19.6 Å². The minimum Gasteiger partial charge on any atom is -0.493 e. The van der Waals surface area contributed by atoms with Gasteiger partial charge in [-0.05, 0) is 61.7 Å². The SMILES string of the molecule is CCCOc1ccc(C(=O)Nc2ccc(C)c(C)c2)cc1OC. The number of nitrogens with one attached hydrogen (secondary N) is 1. The van der Waals surface area contributed by atoms with Gasteiger partial charge in [0.1, 0.15) is 0 Å². The number of hydrogen-bond acceptors (Lipinski definition) is 3. The van der Waals surface area contributed by atoms with E-state index >= 15 is 0 Å². The molecular weight excluding hydrogens is 290 g/mol. The zero-order valence-corrected chi connectivity index (χ0v) is 14.1. The summed E-state index contributed by atoms with van der Waals surface area (Å²) < 4.78 is 10.9. The summed E-state index contributed by atoms with van der Waals surface area (Å²) in [5.74, 6) is 1.04. The van der Waals surface area contributed by atoms with Crippen LogP contribution < -0.4 is 14.8 Å². The van der Waals surface area contributed by atoms with Crippen LogP contribution in [0.1, 0.15) is 34.8 Å². The van der Waals surface area contributed by atoms with Crippen molar-refractivity contribution < 1.29 is 14.3 Å². The third-order valence-electron chi connectivity index (χ3n) is 3.65. The first-order valence-corrected chi connectivity index (χ1v) is 7.74. The van der Waals surface area contributed by atoms with E-state index in [-0.39, 0.29) is 5.91 Å². The van der Waals surface area contributed by atoms with Crippen molar-refractivity contribution in [2.24, 2.45) is 0 Å². The van der Waals surface area contributed by atoms with Gasteiger partial charge in [0.2, 0.25) is 0 Å². The number of anilines is 1. The summed E-state index contributed by atoms with van der Waals surface area (Å²) in [5.41, 5.74) is 3.65. The molecule has 4 heteroatoms. The van der Waals surface area contributed by atoms with Gasteiger partial charge in [0.25, 0.3) is 5.91 Å². The van der Waals surface area contributed by atoms with Crippen LogP contribution in [0.3, 0.4) is 0 Å². The number of carbonyl (C=O) groups excluding carboxylic acids is 1. The lowest BCUT2D eigenvalue weighted by Gasteiger charge is -2.12. The maximum absolute atomic E-state index is 12.4. The molecule has 0 atom stereocenters. The van der Waals surface area contributed by atoms with Crippen molar-refractivity contribution in [2.75, 3.05) is 19.0 Å². The van der Waals surface area contributed by atoms with Crippen molar-refractivity contribution in [1.29, 1.82) is 0 Å². The summed E-state index contributed by atoms with van der Waals surface area (Å²) in [6.45, 7) is 6.72. The summed E-state index contributed by atoms with van der Waals surface area (Å²) >= 11 is 0. The highest BCUT2D eigenvalue weighted by Gasteiger charge is 2.11. The fourth-order valence-corrected chi connectivity index (χ4v) is 2.16. The van der Waals surface area contributed by atoms with Gasteiger partial charge in [0.05, 0.1) is 13.7 Å². The third-order valence-corrected chi connectivity index (χ3v) is 3.65. The predicted molar refractivity (Wildman–Crippen MR) is 92.6 cm³/mol. The van der Waals surface area contributed by atoms with Gasteiger partial charge in [-0.15, -0.1) is 0 Å². The molecule has 4 nitrogen and oxygen atoms in total. The lowest BCUT2D eigenvalue weighted by atomic mass is 10.1. The zero-order chi connectivity index (χ0) is 16.8. The second kappa shape index (κ2) is 7.68. The summed E-state index contributed by atoms with van der Waals surface area (Å²) in [6.07, 6.45) is 0.915. The molecule has 0 fully saturated rings. The van der Waals surface area contributed by atoms with Crippen LogP contribution in [0, 0.1) is 13.8 Å². The molecule has 0 unspecified atom stereocenters. The molecule has 0 aliphatic carbocycles. The summed E-state index contributed by atoms with van der Waals surface area (Å²) in [7, 11) is 1.57. The number of ether oxygens (including phenoxy) is 2. The lowest BCUT2D eigenvalue weighted by molar-refractivity contribution is 0.102. The van der Waals surface area contributed by atoms with E-state index in [1.165, 1.54) is 5.56 Å². The average Bonchev–Trinajstić information content (AvgIpc) is 2.56. The Bertz CT molecular complexity index is 695. The molecule has 2 aromatic carbocycles. The van der Waals surface area contributed by atoms with Gasteiger partial charge < -0.3 is 14.8 Å². The van der Waals surface area contributed by atoms with E-state index in [0.717, 1.165) is 17.7 Å². The minimum atomic E-state index is -0.173. The molecule has 0 saturated carbocycles. The Balaban J connectivity index is 2.16. The average molecular weight is 313 g/mol. The molecule has 1 N–H and O–H groups in total. The van der Waals surface area contributed by atoms with Crippen LogP contribution in [-0.2, 0) is 0 Å². The Morgan fingerprint density at radius 1 is 1.04 bits per heavy atom. The summed E-state index contributed by atoms with van der Waals surface area (Å²) in [5, 5.41) is 2.90. The fourth-order valence-electron chi connectivity index (χ4n) is 2.16. The van der Waals surface area contributed by atoms with Crippen molar-refractivity contribution >= 4 is 11.6 Å². The van der Waals surface area contributed by atoms with Crippen LogP contribution in [0.2, 0.25) is 0 Å². The van der Waals surface area contributed by atoms with Crippen LogP contribution in [0.4, 0.5) is 5.69 Å². The van der Waals surface area contributed by atoms with E-state index in [4.69, 9.17) is 9.47 Å². The topological polar surface area (TPSA) is 47.6 Å². The molecule has 0 aliphatic rings. The Labute approximate surface area is 137 Å². The zero-order valence-electron chi connectivity index (χ0n) is 14.1. The first-order chi connectivity index (χ1) is 11.0. The fraction of sp³-hybridized carbons (Fsp3) is 0.316. The maximum Gasteiger partial charge on any atom is 0.255 e. The first kappa shape index (κ1) is 16.9. The highest BCUT2D eigenvalue weighted by Crippen LogP contribution is 2.28. The van der Waals surface area contributed by atoms with Crippen LogP contribution in [0.5, 0.6) is 11.5 Å². The van der Waals surface area contributed by atoms with E-state index in [1.807, 2.05) is 39.0 Å². The van der Waals surface area contributed by atoms with E-state index in [1.54, 1.807) is 25.3 Å². The Kier molecular flexibility index (Phi) is 5.63. The van der Waals surface area contributed by atoms with Crippen LogP contribution >= 0.6 is 0 Å². The Morgan fingerprint density at radius 2 is 1.83 bits per heavy atom. The Hall–Kier alpha value is -2.49. The molecule has 122 valence electrons. The van der Waals surface area contributed by atoms with Gasteiger partial charge in [-0.25, -0.2) is 0 Å². The van der Waals surface area contributed by atoms with E-state index in [9.17, 15) is 4.79 Å². The maximum atomic E-state index is 12.4. The monoisotopic (exact) mass is 313 g/mol. The van der Waals surface area contributed by atoms with Crippen molar-refractivity contribution in [3.05, 3.63) is 53.1 Å². The molecule has 2 aromatic rings. The number of hydrogen-bond donors (Lipinski definition) is 1. The van der Waals surface area contributed by atoms with Gasteiger partial charge in [0.15, 0.2) is 11.5 Å². The lowest BCUT2D eigenvalue weighted by Crippen LogP contribution is -2.12. The molecule has 0 aliphatic heterocycles. The Morgan fingerprint density at radius 3 is 2.48 bits per heavy atom. The second-order valence-corrected chi connectivity index (χ2v) is 5.47. The normalized spacial score (nSPS) is 10.3. The highest BCUT2D eigenvalue weighted by atomic mass is 16.5. The molecule has 0 aromatic heterocycles. The second-order valence-electron chi connectivity index (χ2n) is 5.47. The van der Waals surface area contributed by atoms with E-state index in [0.29, 0.717) is 23.7 Å². The molecule has 1 amide bonds. The standard InChI is InChI=1S/C19H23NO3/c1-5-10-23-17-9-7-15(12-18(17)22-4)19(21)20-16-8-6-13(2)14(3)11-16/h6-9,11-12H,5,10H2,1-4H3,(H,20,21). The van der Waals surface area contributed by atoms with Crippen LogP contribution in [0.25, 0.3) is 0 Å². The van der Waals surface area contributed by atoms with Crippen molar-refractivity contribution in [3.63, 3.8) is 0 Å². The number of rotatable bonds is 6. The molecule has 0 radical (unpaired) electrons. The van der Waals surface area contributed by atoms with Gasteiger partial charge in [-0.1, -0.05) is 13.0 Å². The molecule has 0 heterocycles. The quantitative estimate of drug-likeness (QED) is 0.862. The van der Waals surface area contributed by atoms with Crippen LogP contribution in [0.15, 0.2) is 36.4 Å². The molecule has 0 spiro atoms. The summed E-state index contributed by atoms with van der Waals surface area (Å²) in [4.78, 5) is 12.4. The summed E-state index contributed by atoms with van der Waals surface area (Å²) in [6, 6.07) is 11.1. The molecule has 0 saturated heterocycles. The molecular formula is C19H23NO3. The molecule has 0 bridgehead atoms. The van der Waals surface area contributed by atoms with Gasteiger partial charge >= 0.3 is 0 Å². The van der Waals surface area contributed by atoms with Gasteiger partial charge in [-0.3, -0.25) is 4.79 Å². The molecule has 23 heavy (non-hydrogen) atoms. The number of benzene rings is 2. The highest BCUT2D eigenvalue weighted by molar-refractivity contribution is 6.04. The van der Waals surface area contributed by atoms with E-state index in [2.05, 4.69) is 5.32 Å². The largest absolute Gasteiger partial charge is 0.493 e. The smallest absolute Gasteiger partial charge is 0.255 e. The number of carbonyl (C=O) groups is 1. The number of aryl methyl sites for hydroxylation is 2. The number of methoxy groups -OCH3 is 1. The van der Waals surface area contributed by atoms with Gasteiger partial charge in [-0.2, -0.15) is 0 Å². The number of amides is 1. The predicted octanol–water partition coefficient (Wildman–Crippen LogP) is 4.35. The first-order valence-electron chi connectivity index (χ1n) is 7.74. The molecule has 2 rings (SSSR count). The van der Waals surface area contributed by atoms with E-state index < -0.39 is 0 Å².